The third-order valence-electron chi connectivity index (χ3n) is 6.29. The number of benzene rings is 2. The van der Waals surface area contributed by atoms with Crippen LogP contribution in [0.3, 0.4) is 0 Å². The van der Waals surface area contributed by atoms with Crippen LogP contribution in [0.2, 0.25) is 5.02 Å². The zero-order valence-corrected chi connectivity index (χ0v) is 19.4. The quantitative estimate of drug-likeness (QED) is 0.436. The fraction of sp³-hybridized carbons (Fsp3) is 0.308. The first-order valence-corrected chi connectivity index (χ1v) is 11.5. The molecule has 2 N–H and O–H groups in total. The van der Waals surface area contributed by atoms with Gasteiger partial charge in [0, 0.05) is 17.3 Å². The van der Waals surface area contributed by atoms with E-state index in [1.54, 1.807) is 6.20 Å². The molecule has 1 amide bonds. The van der Waals surface area contributed by atoms with E-state index >= 15 is 0 Å². The maximum absolute atomic E-state index is 13.3. The van der Waals surface area contributed by atoms with Crippen LogP contribution in [0.15, 0.2) is 66.9 Å². The molecule has 1 saturated heterocycles. The molecule has 8 heteroatoms. The molecule has 1 fully saturated rings. The highest BCUT2D eigenvalue weighted by Gasteiger charge is 2.39. The summed E-state index contributed by atoms with van der Waals surface area (Å²) in [5.74, 6) is -0.655. The van der Waals surface area contributed by atoms with Gasteiger partial charge in [0.05, 0.1) is 27.9 Å². The van der Waals surface area contributed by atoms with Gasteiger partial charge in [-0.1, -0.05) is 48.4 Å². The molecule has 4 nitrogen and oxygen atoms in total. The van der Waals surface area contributed by atoms with Crippen molar-refractivity contribution in [2.45, 2.75) is 43.9 Å². The lowest BCUT2D eigenvalue weighted by atomic mass is 9.80. The standard InChI is InChI=1S/C26H25ClF3N3O/c1-25(13-3-5-15-32-25)23(18-9-6-8-17(16-18)21-12-2-4-14-31-21)33-24(34)19-10-7-11-20(22(19)27)26(28,29)30/h2,4,6-12,14,16,23,32H,3,5,13,15H2,1H3,(H,33,34)/t23-,25-/m0/s1. The Labute approximate surface area is 201 Å². The van der Waals surface area contributed by atoms with Crippen LogP contribution in [0.1, 0.15) is 53.7 Å². The highest BCUT2D eigenvalue weighted by Crippen LogP contribution is 2.38. The number of alkyl halides is 3. The van der Waals surface area contributed by atoms with Gasteiger partial charge in [-0.05, 0) is 62.2 Å². The van der Waals surface area contributed by atoms with E-state index in [1.165, 1.54) is 12.1 Å². The molecule has 2 heterocycles. The van der Waals surface area contributed by atoms with E-state index in [9.17, 15) is 18.0 Å². The summed E-state index contributed by atoms with van der Waals surface area (Å²) >= 11 is 6.04. The number of amides is 1. The van der Waals surface area contributed by atoms with Crippen LogP contribution in [-0.4, -0.2) is 23.0 Å². The Morgan fingerprint density at radius 2 is 1.91 bits per heavy atom. The van der Waals surface area contributed by atoms with Crippen molar-refractivity contribution in [3.63, 3.8) is 0 Å². The number of pyridine rings is 1. The van der Waals surface area contributed by atoms with E-state index in [1.807, 2.05) is 49.4 Å². The number of nitrogens with zero attached hydrogens (tertiary/aromatic N) is 1. The van der Waals surface area contributed by atoms with Crippen molar-refractivity contribution in [3.8, 4) is 11.3 Å². The Bertz CT molecular complexity index is 1160. The Morgan fingerprint density at radius 3 is 2.59 bits per heavy atom. The lowest BCUT2D eigenvalue weighted by Crippen LogP contribution is -2.55. The monoisotopic (exact) mass is 487 g/mol. The fourth-order valence-corrected chi connectivity index (χ4v) is 4.80. The Balaban J connectivity index is 1.72. The van der Waals surface area contributed by atoms with E-state index in [0.29, 0.717) is 0 Å². The summed E-state index contributed by atoms with van der Waals surface area (Å²) in [6.45, 7) is 2.81. The van der Waals surface area contributed by atoms with Crippen molar-refractivity contribution in [2.24, 2.45) is 0 Å². The van der Waals surface area contributed by atoms with E-state index in [4.69, 9.17) is 11.6 Å². The van der Waals surface area contributed by atoms with Crippen LogP contribution in [0.4, 0.5) is 13.2 Å². The molecule has 0 unspecified atom stereocenters. The van der Waals surface area contributed by atoms with E-state index in [0.717, 1.165) is 48.7 Å². The molecular weight excluding hydrogens is 463 g/mol. The lowest BCUT2D eigenvalue weighted by molar-refractivity contribution is -0.137. The van der Waals surface area contributed by atoms with Crippen LogP contribution in [0.5, 0.6) is 0 Å². The summed E-state index contributed by atoms with van der Waals surface area (Å²) in [7, 11) is 0. The summed E-state index contributed by atoms with van der Waals surface area (Å²) in [6, 6.07) is 16.2. The van der Waals surface area contributed by atoms with Crippen molar-refractivity contribution in [1.29, 1.82) is 0 Å². The van der Waals surface area contributed by atoms with Gasteiger partial charge in [-0.3, -0.25) is 9.78 Å². The highest BCUT2D eigenvalue weighted by molar-refractivity contribution is 6.34. The molecule has 1 aliphatic rings. The third kappa shape index (κ3) is 5.10. The van der Waals surface area contributed by atoms with Gasteiger partial charge in [0.15, 0.2) is 0 Å². The Morgan fingerprint density at radius 1 is 1.12 bits per heavy atom. The van der Waals surface area contributed by atoms with Crippen LogP contribution in [0, 0.1) is 0 Å². The summed E-state index contributed by atoms with van der Waals surface area (Å²) in [5, 5.41) is 5.90. The average molecular weight is 488 g/mol. The number of halogens is 4. The van der Waals surface area contributed by atoms with Crippen molar-refractivity contribution >= 4 is 17.5 Å². The van der Waals surface area contributed by atoms with Gasteiger partial charge >= 0.3 is 6.18 Å². The summed E-state index contributed by atoms with van der Waals surface area (Å²) < 4.78 is 40.0. The molecule has 3 aromatic rings. The predicted molar refractivity (Wildman–Crippen MR) is 127 cm³/mol. The minimum absolute atomic E-state index is 0.207. The number of carbonyl (C=O) groups excluding carboxylic acids is 1. The van der Waals surface area contributed by atoms with E-state index in [2.05, 4.69) is 15.6 Å². The summed E-state index contributed by atoms with van der Waals surface area (Å²) in [4.78, 5) is 17.7. The Hall–Kier alpha value is -2.90. The smallest absolute Gasteiger partial charge is 0.343 e. The number of piperidine rings is 1. The molecule has 1 aliphatic heterocycles. The third-order valence-corrected chi connectivity index (χ3v) is 6.70. The van der Waals surface area contributed by atoms with Crippen molar-refractivity contribution < 1.29 is 18.0 Å². The van der Waals surface area contributed by atoms with Crippen molar-refractivity contribution in [3.05, 3.63) is 88.6 Å². The van der Waals surface area contributed by atoms with Crippen LogP contribution >= 0.6 is 11.6 Å². The molecular formula is C26H25ClF3N3O. The van der Waals surface area contributed by atoms with E-state index < -0.39 is 34.3 Å². The van der Waals surface area contributed by atoms with Crippen molar-refractivity contribution in [1.82, 2.24) is 15.6 Å². The molecule has 2 aromatic carbocycles. The second kappa shape index (κ2) is 9.76. The highest BCUT2D eigenvalue weighted by atomic mass is 35.5. The number of carbonyl (C=O) groups is 1. The van der Waals surface area contributed by atoms with Crippen LogP contribution in [-0.2, 0) is 6.18 Å². The SMILES string of the molecule is C[C@@]1([C@@H](NC(=O)c2cccc(C(F)(F)F)c2Cl)c2cccc(-c3ccccn3)c2)CCCCN1. The second-order valence-corrected chi connectivity index (χ2v) is 9.09. The number of aromatic nitrogens is 1. The number of hydrogen-bond acceptors (Lipinski definition) is 3. The molecule has 0 bridgehead atoms. The van der Waals surface area contributed by atoms with Gasteiger partial charge in [-0.15, -0.1) is 0 Å². The van der Waals surface area contributed by atoms with Gasteiger partial charge in [0.25, 0.3) is 5.91 Å². The van der Waals surface area contributed by atoms with Crippen LogP contribution in [0.25, 0.3) is 11.3 Å². The zero-order chi connectivity index (χ0) is 24.3. The average Bonchev–Trinajstić information content (AvgIpc) is 2.83. The first kappa shape index (κ1) is 24.2. The molecule has 0 aliphatic carbocycles. The summed E-state index contributed by atoms with van der Waals surface area (Å²) in [5.41, 5.74) is 0.770. The number of rotatable bonds is 5. The minimum Gasteiger partial charge on any atom is -0.343 e. The first-order valence-electron chi connectivity index (χ1n) is 11.1. The largest absolute Gasteiger partial charge is 0.417 e. The van der Waals surface area contributed by atoms with Gasteiger partial charge in [0.2, 0.25) is 0 Å². The maximum atomic E-state index is 13.3. The predicted octanol–water partition coefficient (Wildman–Crippen LogP) is 6.42. The maximum Gasteiger partial charge on any atom is 0.417 e. The summed E-state index contributed by atoms with van der Waals surface area (Å²) in [6.07, 6.45) is -0.159. The van der Waals surface area contributed by atoms with Gasteiger partial charge in [-0.25, -0.2) is 0 Å². The Kier molecular flexibility index (Phi) is 6.96. The van der Waals surface area contributed by atoms with Gasteiger partial charge in [-0.2, -0.15) is 13.2 Å². The van der Waals surface area contributed by atoms with Gasteiger partial charge in [0.1, 0.15) is 0 Å². The zero-order valence-electron chi connectivity index (χ0n) is 18.6. The minimum atomic E-state index is -4.65. The number of hydrogen-bond donors (Lipinski definition) is 2. The molecule has 4 rings (SSSR count). The molecule has 1 aromatic heterocycles. The second-order valence-electron chi connectivity index (χ2n) is 8.71. The molecule has 34 heavy (non-hydrogen) atoms. The normalized spacial score (nSPS) is 19.4. The molecule has 0 spiro atoms. The first-order chi connectivity index (χ1) is 16.2. The topological polar surface area (TPSA) is 54.0 Å². The fourth-order valence-electron chi connectivity index (χ4n) is 4.48. The lowest BCUT2D eigenvalue weighted by Gasteiger charge is -2.42. The molecule has 178 valence electrons. The van der Waals surface area contributed by atoms with E-state index in [-0.39, 0.29) is 5.56 Å². The molecule has 0 saturated carbocycles. The molecule has 0 radical (unpaired) electrons. The molecule has 2 atom stereocenters. The van der Waals surface area contributed by atoms with Crippen LogP contribution < -0.4 is 10.6 Å². The number of nitrogens with one attached hydrogen (secondary N) is 2. The van der Waals surface area contributed by atoms with Crippen molar-refractivity contribution in [2.75, 3.05) is 6.54 Å². The van der Waals surface area contributed by atoms with Gasteiger partial charge < -0.3 is 10.6 Å².